The zero-order chi connectivity index (χ0) is 12.1. The van der Waals surface area contributed by atoms with Crippen molar-refractivity contribution in [1.29, 1.82) is 0 Å². The first-order valence-electron chi connectivity index (χ1n) is 5.67. The molecule has 0 aromatic carbocycles. The van der Waals surface area contributed by atoms with Crippen molar-refractivity contribution in [3.8, 4) is 0 Å². The second kappa shape index (κ2) is 5.72. The van der Waals surface area contributed by atoms with E-state index < -0.39 is 17.7 Å². The summed E-state index contributed by atoms with van der Waals surface area (Å²) in [5.74, 6) is -0.947. The van der Waals surface area contributed by atoms with Crippen LogP contribution in [0.2, 0.25) is 0 Å². The van der Waals surface area contributed by atoms with Crippen LogP contribution in [0, 0.1) is 4.91 Å². The van der Waals surface area contributed by atoms with Crippen molar-refractivity contribution in [2.24, 2.45) is 5.18 Å². The summed E-state index contributed by atoms with van der Waals surface area (Å²) in [6.45, 7) is 1.22. The van der Waals surface area contributed by atoms with Gasteiger partial charge in [-0.15, -0.1) is 4.91 Å². The Hall–Kier alpha value is -1.26. The molecule has 0 saturated heterocycles. The molecule has 0 radical (unpaired) electrons. The molecule has 1 fully saturated rings. The fourth-order valence-electron chi connectivity index (χ4n) is 2.13. The van der Waals surface area contributed by atoms with Gasteiger partial charge in [-0.2, -0.15) is 0 Å². The van der Waals surface area contributed by atoms with Crippen LogP contribution >= 0.6 is 0 Å². The van der Waals surface area contributed by atoms with Crippen molar-refractivity contribution in [2.45, 2.75) is 51.1 Å². The third-order valence-electron chi connectivity index (χ3n) is 3.19. The van der Waals surface area contributed by atoms with Crippen LogP contribution in [0.1, 0.15) is 39.0 Å². The summed E-state index contributed by atoms with van der Waals surface area (Å²) < 4.78 is 0. The maximum absolute atomic E-state index is 11.8. The maximum atomic E-state index is 11.8. The van der Waals surface area contributed by atoms with Crippen molar-refractivity contribution in [3.63, 3.8) is 0 Å². The Labute approximate surface area is 95.2 Å². The molecule has 0 aliphatic heterocycles. The molecule has 0 aromatic heterocycles. The molecule has 0 bridgehead atoms. The van der Waals surface area contributed by atoms with Crippen molar-refractivity contribution in [1.82, 2.24) is 4.90 Å². The van der Waals surface area contributed by atoms with Gasteiger partial charge >= 0.3 is 0 Å². The van der Waals surface area contributed by atoms with E-state index in [-0.39, 0.29) is 6.04 Å². The lowest BCUT2D eigenvalue weighted by Gasteiger charge is -2.31. The molecule has 1 rings (SSSR count). The number of carbonyl (C=O) groups excluding carboxylic acids is 2. The highest BCUT2D eigenvalue weighted by Crippen LogP contribution is 2.22. The Bertz CT molecular complexity index is 285. The van der Waals surface area contributed by atoms with Gasteiger partial charge < -0.3 is 4.90 Å². The van der Waals surface area contributed by atoms with Gasteiger partial charge in [-0.3, -0.25) is 9.59 Å². The Kier molecular flexibility index (Phi) is 4.58. The van der Waals surface area contributed by atoms with E-state index in [4.69, 9.17) is 0 Å². The van der Waals surface area contributed by atoms with Crippen molar-refractivity contribution in [2.75, 3.05) is 7.05 Å². The van der Waals surface area contributed by atoms with E-state index in [9.17, 15) is 14.5 Å². The minimum absolute atomic E-state index is 0.157. The zero-order valence-corrected chi connectivity index (χ0v) is 9.81. The van der Waals surface area contributed by atoms with E-state index in [1.54, 1.807) is 7.05 Å². The largest absolute Gasteiger partial charge is 0.340 e. The molecular formula is C11H18N2O3. The summed E-state index contributed by atoms with van der Waals surface area (Å²) in [6.07, 6.45) is 5.29. The highest BCUT2D eigenvalue weighted by Gasteiger charge is 2.31. The smallest absolute Gasteiger partial charge is 0.258 e. The van der Waals surface area contributed by atoms with Gasteiger partial charge in [0, 0.05) is 13.1 Å². The Morgan fingerprint density at radius 1 is 1.25 bits per heavy atom. The Morgan fingerprint density at radius 3 is 2.25 bits per heavy atom. The molecule has 1 aliphatic carbocycles. The van der Waals surface area contributed by atoms with Crippen molar-refractivity contribution < 1.29 is 9.59 Å². The first kappa shape index (κ1) is 12.8. The van der Waals surface area contributed by atoms with Crippen LogP contribution in [0.3, 0.4) is 0 Å². The van der Waals surface area contributed by atoms with Crippen LogP contribution in [0.5, 0.6) is 0 Å². The SMILES string of the molecule is CC(=O)C(N=O)C(=O)N(C)C1CCCCC1. The molecule has 1 atom stereocenters. The van der Waals surface area contributed by atoms with Gasteiger partial charge in [0.05, 0.1) is 0 Å². The lowest BCUT2D eigenvalue weighted by molar-refractivity contribution is -0.137. The average Bonchev–Trinajstić information content (AvgIpc) is 2.29. The number of amides is 1. The van der Waals surface area contributed by atoms with Crippen LogP contribution in [0.4, 0.5) is 0 Å². The number of nitroso groups, excluding NO2 is 1. The lowest BCUT2D eigenvalue weighted by atomic mass is 9.94. The number of carbonyl (C=O) groups is 2. The molecular weight excluding hydrogens is 208 g/mol. The summed E-state index contributed by atoms with van der Waals surface area (Å²) in [7, 11) is 1.65. The van der Waals surface area contributed by atoms with Gasteiger partial charge in [0.2, 0.25) is 6.04 Å². The fourth-order valence-corrected chi connectivity index (χ4v) is 2.13. The van der Waals surface area contributed by atoms with E-state index in [1.165, 1.54) is 18.2 Å². The minimum atomic E-state index is -1.35. The number of rotatable bonds is 4. The summed E-state index contributed by atoms with van der Waals surface area (Å²) in [5, 5.41) is 2.61. The minimum Gasteiger partial charge on any atom is -0.340 e. The molecule has 1 saturated carbocycles. The van der Waals surface area contributed by atoms with E-state index in [1.807, 2.05) is 0 Å². The normalized spacial score (nSPS) is 18.9. The van der Waals surface area contributed by atoms with E-state index in [0.717, 1.165) is 25.7 Å². The lowest BCUT2D eigenvalue weighted by Crippen LogP contribution is -2.45. The van der Waals surface area contributed by atoms with Gasteiger partial charge in [0.15, 0.2) is 5.78 Å². The molecule has 5 heteroatoms. The third kappa shape index (κ3) is 2.87. The maximum Gasteiger partial charge on any atom is 0.258 e. The number of nitrogens with zero attached hydrogens (tertiary/aromatic N) is 2. The molecule has 0 aromatic rings. The molecule has 1 amide bonds. The second-order valence-electron chi connectivity index (χ2n) is 4.36. The van der Waals surface area contributed by atoms with Gasteiger partial charge in [-0.25, -0.2) is 0 Å². The number of hydrogen-bond acceptors (Lipinski definition) is 4. The summed E-state index contributed by atoms with van der Waals surface area (Å²) in [5.41, 5.74) is 0. The fraction of sp³-hybridized carbons (Fsp3) is 0.818. The predicted molar refractivity (Wildman–Crippen MR) is 59.9 cm³/mol. The van der Waals surface area contributed by atoms with Crippen molar-refractivity contribution >= 4 is 11.7 Å². The second-order valence-corrected chi connectivity index (χ2v) is 4.36. The molecule has 1 unspecified atom stereocenters. The molecule has 0 N–H and O–H groups in total. The van der Waals surface area contributed by atoms with Crippen LogP contribution in [-0.2, 0) is 9.59 Å². The van der Waals surface area contributed by atoms with E-state index >= 15 is 0 Å². The van der Waals surface area contributed by atoms with Gasteiger partial charge in [-0.05, 0) is 24.9 Å². The van der Waals surface area contributed by atoms with E-state index in [2.05, 4.69) is 5.18 Å². The third-order valence-corrected chi connectivity index (χ3v) is 3.19. The number of ketones is 1. The highest BCUT2D eigenvalue weighted by atomic mass is 16.3. The van der Waals surface area contributed by atoms with Crippen LogP contribution in [0.25, 0.3) is 0 Å². The average molecular weight is 226 g/mol. The molecule has 0 heterocycles. The first-order chi connectivity index (χ1) is 7.57. The summed E-state index contributed by atoms with van der Waals surface area (Å²) >= 11 is 0. The Balaban J connectivity index is 2.64. The molecule has 0 spiro atoms. The van der Waals surface area contributed by atoms with Crippen LogP contribution in [-0.4, -0.2) is 35.7 Å². The Morgan fingerprint density at radius 2 is 1.81 bits per heavy atom. The molecule has 1 aliphatic rings. The predicted octanol–water partition coefficient (Wildman–Crippen LogP) is 1.50. The number of Topliss-reactive ketones (excluding diaryl/α,β-unsaturated/α-hetero) is 1. The van der Waals surface area contributed by atoms with Gasteiger partial charge in [0.1, 0.15) is 0 Å². The molecule has 5 nitrogen and oxygen atoms in total. The van der Waals surface area contributed by atoms with Gasteiger partial charge in [-0.1, -0.05) is 19.3 Å². The molecule has 90 valence electrons. The number of hydrogen-bond donors (Lipinski definition) is 0. The van der Waals surface area contributed by atoms with Gasteiger partial charge in [0.25, 0.3) is 5.91 Å². The summed E-state index contributed by atoms with van der Waals surface area (Å²) in [4.78, 5) is 34.9. The van der Waals surface area contributed by atoms with Crippen LogP contribution in [0.15, 0.2) is 5.18 Å². The topological polar surface area (TPSA) is 66.8 Å². The molecule has 16 heavy (non-hydrogen) atoms. The zero-order valence-electron chi connectivity index (χ0n) is 9.81. The summed E-state index contributed by atoms with van der Waals surface area (Å²) in [6, 6.07) is -1.20. The van der Waals surface area contributed by atoms with Crippen molar-refractivity contribution in [3.05, 3.63) is 4.91 Å². The first-order valence-corrected chi connectivity index (χ1v) is 5.67. The monoisotopic (exact) mass is 226 g/mol. The standard InChI is InChI=1S/C11H18N2O3/c1-8(14)10(12-16)11(15)13(2)9-6-4-3-5-7-9/h9-10H,3-7H2,1-2H3. The quantitative estimate of drug-likeness (QED) is 0.539. The van der Waals surface area contributed by atoms with Crippen LogP contribution < -0.4 is 0 Å². The highest BCUT2D eigenvalue weighted by molar-refractivity contribution is 6.04. The van der Waals surface area contributed by atoms with E-state index in [0.29, 0.717) is 0 Å². The number of likely N-dealkylation sites (N-methyl/N-ethyl adjacent to an activating group) is 1.